The predicted molar refractivity (Wildman–Crippen MR) is 64.5 cm³/mol. The van der Waals surface area contributed by atoms with Gasteiger partial charge < -0.3 is 10.1 Å². The van der Waals surface area contributed by atoms with Crippen molar-refractivity contribution in [2.24, 2.45) is 0 Å². The molecule has 1 unspecified atom stereocenters. The second-order valence-corrected chi connectivity index (χ2v) is 4.09. The summed E-state index contributed by atoms with van der Waals surface area (Å²) in [4.78, 5) is 0. The van der Waals surface area contributed by atoms with Crippen molar-refractivity contribution in [1.82, 2.24) is 5.32 Å². The molecule has 0 saturated heterocycles. The Balaban J connectivity index is 2.71. The van der Waals surface area contributed by atoms with E-state index in [2.05, 4.69) is 5.32 Å². The minimum absolute atomic E-state index is 0.114. The zero-order valence-electron chi connectivity index (χ0n) is 9.59. The van der Waals surface area contributed by atoms with Crippen LogP contribution in [0.4, 0.5) is 4.39 Å². The maximum absolute atomic E-state index is 13.5. The number of likely N-dealkylation sites (N-methyl/N-ethyl adjacent to an activating group) is 1. The van der Waals surface area contributed by atoms with Crippen LogP contribution in [-0.4, -0.2) is 26.3 Å². The van der Waals surface area contributed by atoms with Gasteiger partial charge in [-0.05, 0) is 36.7 Å². The van der Waals surface area contributed by atoms with Gasteiger partial charge in [-0.15, -0.1) is 0 Å². The Morgan fingerprint density at radius 2 is 2.25 bits per heavy atom. The molecule has 90 valence electrons. The van der Waals surface area contributed by atoms with Crippen molar-refractivity contribution in [2.45, 2.75) is 19.4 Å². The summed E-state index contributed by atoms with van der Waals surface area (Å²) >= 11 is 5.84. The van der Waals surface area contributed by atoms with Gasteiger partial charge in [-0.3, -0.25) is 0 Å². The van der Waals surface area contributed by atoms with Gasteiger partial charge in [0.25, 0.3) is 0 Å². The monoisotopic (exact) mass is 245 g/mol. The first kappa shape index (κ1) is 13.4. The molecule has 1 aromatic rings. The van der Waals surface area contributed by atoms with Crippen LogP contribution in [0.15, 0.2) is 18.2 Å². The summed E-state index contributed by atoms with van der Waals surface area (Å²) in [5, 5.41) is 3.80. The van der Waals surface area contributed by atoms with Crippen molar-refractivity contribution in [3.8, 4) is 0 Å². The largest absolute Gasteiger partial charge is 0.383 e. The summed E-state index contributed by atoms with van der Waals surface area (Å²) in [6, 6.07) is 4.73. The van der Waals surface area contributed by atoms with Crippen LogP contribution >= 0.6 is 11.6 Å². The van der Waals surface area contributed by atoms with Crippen molar-refractivity contribution in [3.05, 3.63) is 34.6 Å². The third kappa shape index (κ3) is 4.08. The molecule has 1 rings (SSSR count). The topological polar surface area (TPSA) is 21.3 Å². The van der Waals surface area contributed by atoms with E-state index in [1.165, 1.54) is 6.07 Å². The van der Waals surface area contributed by atoms with E-state index < -0.39 is 0 Å². The van der Waals surface area contributed by atoms with Gasteiger partial charge in [0.2, 0.25) is 0 Å². The van der Waals surface area contributed by atoms with Crippen LogP contribution in [-0.2, 0) is 11.2 Å². The normalized spacial score (nSPS) is 12.8. The van der Waals surface area contributed by atoms with E-state index in [-0.39, 0.29) is 11.9 Å². The molecule has 0 amide bonds. The molecular weight excluding hydrogens is 229 g/mol. The molecule has 4 heteroatoms. The van der Waals surface area contributed by atoms with E-state index in [0.717, 1.165) is 6.54 Å². The number of hydrogen-bond donors (Lipinski definition) is 1. The number of rotatable bonds is 6. The lowest BCUT2D eigenvalue weighted by atomic mass is 10.1. The molecule has 2 nitrogen and oxygen atoms in total. The molecule has 1 N–H and O–H groups in total. The number of hydrogen-bond acceptors (Lipinski definition) is 2. The highest BCUT2D eigenvalue weighted by atomic mass is 35.5. The average Bonchev–Trinajstić information content (AvgIpc) is 2.24. The Morgan fingerprint density at radius 3 is 2.88 bits per heavy atom. The van der Waals surface area contributed by atoms with Crippen LogP contribution in [0.3, 0.4) is 0 Å². The van der Waals surface area contributed by atoms with Crippen molar-refractivity contribution >= 4 is 11.6 Å². The van der Waals surface area contributed by atoms with Crippen LogP contribution < -0.4 is 5.32 Å². The van der Waals surface area contributed by atoms with Gasteiger partial charge in [0.1, 0.15) is 5.82 Å². The van der Waals surface area contributed by atoms with E-state index >= 15 is 0 Å². The standard InChI is InChI=1S/C12H17ClFNO/c1-3-15-11(8-16-2)7-9-6-10(13)4-5-12(9)14/h4-6,11,15H,3,7-8H2,1-2H3. The SMILES string of the molecule is CCNC(COC)Cc1cc(Cl)ccc1F. The summed E-state index contributed by atoms with van der Waals surface area (Å²) < 4.78 is 18.6. The highest BCUT2D eigenvalue weighted by Gasteiger charge is 2.11. The second kappa shape index (κ2) is 6.84. The second-order valence-electron chi connectivity index (χ2n) is 3.65. The van der Waals surface area contributed by atoms with Crippen LogP contribution in [0.1, 0.15) is 12.5 Å². The lowest BCUT2D eigenvalue weighted by molar-refractivity contribution is 0.166. The molecule has 0 fully saturated rings. The highest BCUT2D eigenvalue weighted by Crippen LogP contribution is 2.16. The quantitative estimate of drug-likeness (QED) is 0.832. The first-order valence-corrected chi connectivity index (χ1v) is 5.71. The minimum Gasteiger partial charge on any atom is -0.383 e. The molecule has 0 aromatic heterocycles. The Bertz CT molecular complexity index is 327. The summed E-state index contributed by atoms with van der Waals surface area (Å²) in [5.74, 6) is -0.219. The first-order valence-electron chi connectivity index (χ1n) is 5.33. The molecular formula is C12H17ClFNO. The Morgan fingerprint density at radius 1 is 1.50 bits per heavy atom. The molecule has 0 saturated carbocycles. The van der Waals surface area contributed by atoms with Crippen molar-refractivity contribution in [2.75, 3.05) is 20.3 Å². The number of methoxy groups -OCH3 is 1. The molecule has 0 aliphatic carbocycles. The molecule has 0 aliphatic heterocycles. The van der Waals surface area contributed by atoms with Crippen molar-refractivity contribution in [1.29, 1.82) is 0 Å². The molecule has 0 bridgehead atoms. The Hall–Kier alpha value is -0.640. The number of nitrogens with one attached hydrogen (secondary N) is 1. The molecule has 0 spiro atoms. The van der Waals surface area contributed by atoms with E-state index in [1.54, 1.807) is 19.2 Å². The molecule has 0 heterocycles. The van der Waals surface area contributed by atoms with Gasteiger partial charge in [0.15, 0.2) is 0 Å². The molecule has 1 aromatic carbocycles. The van der Waals surface area contributed by atoms with Gasteiger partial charge in [-0.2, -0.15) is 0 Å². The molecule has 0 aliphatic rings. The maximum Gasteiger partial charge on any atom is 0.126 e. The Labute approximate surface area is 101 Å². The summed E-state index contributed by atoms with van der Waals surface area (Å²) in [6.07, 6.45) is 0.577. The summed E-state index contributed by atoms with van der Waals surface area (Å²) in [7, 11) is 1.64. The maximum atomic E-state index is 13.5. The van der Waals surface area contributed by atoms with Crippen molar-refractivity contribution in [3.63, 3.8) is 0 Å². The van der Waals surface area contributed by atoms with E-state index in [4.69, 9.17) is 16.3 Å². The van der Waals surface area contributed by atoms with Gasteiger partial charge in [-0.1, -0.05) is 18.5 Å². The lowest BCUT2D eigenvalue weighted by Gasteiger charge is -2.17. The zero-order chi connectivity index (χ0) is 12.0. The number of halogens is 2. The lowest BCUT2D eigenvalue weighted by Crippen LogP contribution is -2.35. The number of benzene rings is 1. The first-order chi connectivity index (χ1) is 7.67. The van der Waals surface area contributed by atoms with Gasteiger partial charge >= 0.3 is 0 Å². The van der Waals surface area contributed by atoms with Crippen LogP contribution in [0.2, 0.25) is 5.02 Å². The van der Waals surface area contributed by atoms with E-state index in [9.17, 15) is 4.39 Å². The van der Waals surface area contributed by atoms with Crippen LogP contribution in [0.25, 0.3) is 0 Å². The average molecular weight is 246 g/mol. The van der Waals surface area contributed by atoms with Gasteiger partial charge in [-0.25, -0.2) is 4.39 Å². The minimum atomic E-state index is -0.219. The third-order valence-corrected chi connectivity index (χ3v) is 2.57. The van der Waals surface area contributed by atoms with E-state index in [0.29, 0.717) is 23.6 Å². The molecule has 0 radical (unpaired) electrons. The fraction of sp³-hybridized carbons (Fsp3) is 0.500. The third-order valence-electron chi connectivity index (χ3n) is 2.33. The van der Waals surface area contributed by atoms with E-state index in [1.807, 2.05) is 6.92 Å². The number of ether oxygens (including phenoxy) is 1. The zero-order valence-corrected chi connectivity index (χ0v) is 10.4. The van der Waals surface area contributed by atoms with Crippen molar-refractivity contribution < 1.29 is 9.13 Å². The van der Waals surface area contributed by atoms with Crippen LogP contribution in [0, 0.1) is 5.82 Å². The van der Waals surface area contributed by atoms with Gasteiger partial charge in [0, 0.05) is 18.2 Å². The predicted octanol–water partition coefficient (Wildman–Crippen LogP) is 2.65. The summed E-state index contributed by atoms with van der Waals surface area (Å²) in [6.45, 7) is 3.40. The smallest absolute Gasteiger partial charge is 0.126 e. The van der Waals surface area contributed by atoms with Crippen LogP contribution in [0.5, 0.6) is 0 Å². The summed E-state index contributed by atoms with van der Waals surface area (Å²) in [5.41, 5.74) is 0.621. The molecule has 1 atom stereocenters. The fourth-order valence-electron chi connectivity index (χ4n) is 1.65. The highest BCUT2D eigenvalue weighted by molar-refractivity contribution is 6.30. The van der Waals surface area contributed by atoms with Gasteiger partial charge in [0.05, 0.1) is 6.61 Å². The molecule has 16 heavy (non-hydrogen) atoms. The fourth-order valence-corrected chi connectivity index (χ4v) is 1.84. The Kier molecular flexibility index (Phi) is 5.74.